The van der Waals surface area contributed by atoms with Gasteiger partial charge in [0.2, 0.25) is 5.95 Å². The minimum Gasteiger partial charge on any atom is -0.354 e. The molecule has 2 N–H and O–H groups in total. The van der Waals surface area contributed by atoms with Gasteiger partial charge in [-0.1, -0.05) is 6.92 Å². The van der Waals surface area contributed by atoms with Crippen LogP contribution in [0.15, 0.2) is 6.33 Å². The second kappa shape index (κ2) is 5.87. The molecule has 6 nitrogen and oxygen atoms in total. The van der Waals surface area contributed by atoms with Crippen molar-refractivity contribution in [1.82, 2.24) is 19.9 Å². The van der Waals surface area contributed by atoms with E-state index >= 15 is 0 Å². The summed E-state index contributed by atoms with van der Waals surface area (Å²) in [4.78, 5) is 18.8. The topological polar surface area (TPSA) is 69.7 Å². The van der Waals surface area contributed by atoms with E-state index in [1.165, 1.54) is 12.2 Å². The third kappa shape index (κ3) is 2.54. The van der Waals surface area contributed by atoms with Crippen molar-refractivity contribution in [3.8, 4) is 0 Å². The van der Waals surface area contributed by atoms with Gasteiger partial charge in [-0.2, -0.15) is 21.7 Å². The Kier molecular flexibility index (Phi) is 3.95. The summed E-state index contributed by atoms with van der Waals surface area (Å²) < 4.78 is 0. The number of anilines is 2. The lowest BCUT2D eigenvalue weighted by Crippen LogP contribution is -2.32. The highest BCUT2D eigenvalue weighted by Crippen LogP contribution is 2.28. The average molecular weight is 292 g/mol. The van der Waals surface area contributed by atoms with Gasteiger partial charge in [-0.15, -0.1) is 0 Å². The Morgan fingerprint density at radius 1 is 1.50 bits per heavy atom. The number of rotatable bonds is 5. The molecule has 7 heteroatoms. The van der Waals surface area contributed by atoms with E-state index in [-0.39, 0.29) is 0 Å². The Hall–Kier alpha value is -1.50. The number of fused-ring (bicyclic) bond motifs is 1. The molecule has 1 fully saturated rings. The summed E-state index contributed by atoms with van der Waals surface area (Å²) in [5.74, 6) is 4.00. The van der Waals surface area contributed by atoms with Crippen LogP contribution in [0.1, 0.15) is 19.8 Å². The molecule has 0 amide bonds. The van der Waals surface area contributed by atoms with Crippen molar-refractivity contribution < 1.29 is 0 Å². The lowest BCUT2D eigenvalue weighted by atomic mass is 10.2. The molecule has 108 valence electrons. The van der Waals surface area contributed by atoms with E-state index in [0.717, 1.165) is 35.7 Å². The number of hydrogen-bond acceptors (Lipinski definition) is 6. The fourth-order valence-corrected chi connectivity index (χ4v) is 3.66. The van der Waals surface area contributed by atoms with E-state index in [4.69, 9.17) is 0 Å². The molecule has 1 saturated heterocycles. The molecule has 2 aromatic rings. The van der Waals surface area contributed by atoms with Gasteiger partial charge < -0.3 is 15.2 Å². The van der Waals surface area contributed by atoms with Crippen molar-refractivity contribution in [2.24, 2.45) is 0 Å². The fourth-order valence-electron chi connectivity index (χ4n) is 2.39. The molecule has 3 rings (SSSR count). The summed E-state index contributed by atoms with van der Waals surface area (Å²) >= 11 is 2.00. The summed E-state index contributed by atoms with van der Waals surface area (Å²) in [5.41, 5.74) is 1.65. The van der Waals surface area contributed by atoms with Gasteiger partial charge in [-0.25, -0.2) is 4.98 Å². The lowest BCUT2D eigenvalue weighted by Gasteiger charge is -2.25. The van der Waals surface area contributed by atoms with Crippen LogP contribution in [0.2, 0.25) is 0 Å². The highest BCUT2D eigenvalue weighted by atomic mass is 32.2. The van der Waals surface area contributed by atoms with E-state index in [2.05, 4.69) is 44.1 Å². The highest BCUT2D eigenvalue weighted by molar-refractivity contribution is 7.99. The number of nitrogens with one attached hydrogen (secondary N) is 2. The van der Waals surface area contributed by atoms with Crippen LogP contribution in [0.4, 0.5) is 11.8 Å². The molecular weight excluding hydrogens is 272 g/mol. The number of aromatic nitrogens is 4. The van der Waals surface area contributed by atoms with Gasteiger partial charge in [0.05, 0.1) is 6.33 Å². The predicted octanol–water partition coefficient (Wildman–Crippen LogP) is 2.12. The van der Waals surface area contributed by atoms with Gasteiger partial charge >= 0.3 is 0 Å². The third-order valence-corrected chi connectivity index (χ3v) is 4.73. The Labute approximate surface area is 122 Å². The van der Waals surface area contributed by atoms with Crippen molar-refractivity contribution in [3.05, 3.63) is 6.33 Å². The van der Waals surface area contributed by atoms with E-state index in [1.54, 1.807) is 6.33 Å². The molecular formula is C13H20N6S. The van der Waals surface area contributed by atoms with Crippen LogP contribution in [0, 0.1) is 0 Å². The third-order valence-electron chi connectivity index (χ3n) is 3.59. The summed E-state index contributed by atoms with van der Waals surface area (Å²) in [6.07, 6.45) is 3.94. The van der Waals surface area contributed by atoms with Gasteiger partial charge in [0.25, 0.3) is 0 Å². The molecule has 3 heterocycles. The zero-order valence-electron chi connectivity index (χ0n) is 11.9. The van der Waals surface area contributed by atoms with Crippen LogP contribution in [-0.4, -0.2) is 51.1 Å². The van der Waals surface area contributed by atoms with Gasteiger partial charge in [0.15, 0.2) is 11.5 Å². The standard InChI is InChI=1S/C13H20N6S/c1-3-5-14-13-17-11-10(15-8-16-11)12(18-13)19(2)9-4-6-20-7-9/h8-9H,3-7H2,1-2H3,(H2,14,15,16,17,18). The van der Waals surface area contributed by atoms with Crippen LogP contribution >= 0.6 is 11.8 Å². The molecule has 0 aromatic carbocycles. The molecule has 1 unspecified atom stereocenters. The zero-order chi connectivity index (χ0) is 13.9. The molecule has 1 aliphatic rings. The monoisotopic (exact) mass is 292 g/mol. The van der Waals surface area contributed by atoms with Gasteiger partial charge in [-0.05, 0) is 18.6 Å². The fraction of sp³-hybridized carbons (Fsp3) is 0.615. The number of imidazole rings is 1. The maximum absolute atomic E-state index is 4.68. The minimum atomic E-state index is 0.542. The first-order valence-corrected chi connectivity index (χ1v) is 8.20. The normalized spacial score (nSPS) is 18.6. The second-order valence-corrected chi connectivity index (χ2v) is 6.18. The Balaban J connectivity index is 1.96. The molecule has 0 bridgehead atoms. The Morgan fingerprint density at radius 3 is 3.15 bits per heavy atom. The number of hydrogen-bond donors (Lipinski definition) is 2. The Bertz CT molecular complexity index is 577. The van der Waals surface area contributed by atoms with E-state index in [1.807, 2.05) is 11.8 Å². The first kappa shape index (κ1) is 13.5. The van der Waals surface area contributed by atoms with E-state index in [9.17, 15) is 0 Å². The first-order valence-electron chi connectivity index (χ1n) is 7.05. The minimum absolute atomic E-state index is 0.542. The molecule has 2 aromatic heterocycles. The maximum atomic E-state index is 4.68. The summed E-state index contributed by atoms with van der Waals surface area (Å²) in [6, 6.07) is 0.542. The molecule has 1 aliphatic heterocycles. The molecule has 1 atom stereocenters. The average Bonchev–Trinajstić information content (AvgIpc) is 3.13. The zero-order valence-corrected chi connectivity index (χ0v) is 12.7. The largest absolute Gasteiger partial charge is 0.354 e. The van der Waals surface area contributed by atoms with Gasteiger partial charge in [-0.3, -0.25) is 0 Å². The molecule has 0 aliphatic carbocycles. The highest BCUT2D eigenvalue weighted by Gasteiger charge is 2.24. The van der Waals surface area contributed by atoms with Crippen LogP contribution in [0.3, 0.4) is 0 Å². The smallest absolute Gasteiger partial charge is 0.226 e. The van der Waals surface area contributed by atoms with Crippen molar-refractivity contribution in [3.63, 3.8) is 0 Å². The van der Waals surface area contributed by atoms with E-state index in [0.29, 0.717) is 12.0 Å². The molecule has 0 spiro atoms. The molecule has 0 radical (unpaired) electrons. The Morgan fingerprint density at radius 2 is 2.40 bits per heavy atom. The SMILES string of the molecule is CCCNc1nc(N(C)C2CCSC2)c2[nH]cnc2n1. The quantitative estimate of drug-likeness (QED) is 0.879. The van der Waals surface area contributed by atoms with Crippen LogP contribution < -0.4 is 10.2 Å². The predicted molar refractivity (Wildman–Crippen MR) is 84.6 cm³/mol. The molecule has 20 heavy (non-hydrogen) atoms. The van der Waals surface area contributed by atoms with E-state index < -0.39 is 0 Å². The van der Waals surface area contributed by atoms with Gasteiger partial charge in [0, 0.05) is 25.4 Å². The number of aromatic amines is 1. The first-order chi connectivity index (χ1) is 9.79. The second-order valence-electron chi connectivity index (χ2n) is 5.03. The van der Waals surface area contributed by atoms with Crippen LogP contribution in [0.25, 0.3) is 11.2 Å². The number of thioether (sulfide) groups is 1. The van der Waals surface area contributed by atoms with Crippen molar-refractivity contribution in [2.45, 2.75) is 25.8 Å². The summed E-state index contributed by atoms with van der Waals surface area (Å²) in [7, 11) is 2.11. The van der Waals surface area contributed by atoms with Gasteiger partial charge in [0.1, 0.15) is 5.52 Å². The molecule has 0 saturated carbocycles. The number of H-pyrrole nitrogens is 1. The van der Waals surface area contributed by atoms with Crippen molar-refractivity contribution >= 4 is 34.7 Å². The summed E-state index contributed by atoms with van der Waals surface area (Å²) in [5, 5.41) is 3.25. The summed E-state index contributed by atoms with van der Waals surface area (Å²) in [6.45, 7) is 3.00. The van der Waals surface area contributed by atoms with Crippen LogP contribution in [-0.2, 0) is 0 Å². The lowest BCUT2D eigenvalue weighted by molar-refractivity contribution is 0.693. The van der Waals surface area contributed by atoms with Crippen molar-refractivity contribution in [2.75, 3.05) is 35.3 Å². The van der Waals surface area contributed by atoms with Crippen molar-refractivity contribution in [1.29, 1.82) is 0 Å². The number of nitrogens with zero attached hydrogens (tertiary/aromatic N) is 4. The maximum Gasteiger partial charge on any atom is 0.226 e. The van der Waals surface area contributed by atoms with Crippen LogP contribution in [0.5, 0.6) is 0 Å².